The van der Waals surface area contributed by atoms with Gasteiger partial charge in [-0.2, -0.15) is 0 Å². The quantitative estimate of drug-likeness (QED) is 0.889. The summed E-state index contributed by atoms with van der Waals surface area (Å²) in [4.78, 5) is 2.41. The highest BCUT2D eigenvalue weighted by Crippen LogP contribution is 2.30. The molecule has 1 aromatic carbocycles. The molecule has 1 aliphatic rings. The van der Waals surface area contributed by atoms with E-state index in [0.29, 0.717) is 0 Å². The molecule has 1 heterocycles. The van der Waals surface area contributed by atoms with E-state index in [2.05, 4.69) is 25.7 Å². The standard InChI is InChI=1S/C18H29FN2/c1-4-17(20)12-15-11-16(19)5-6-18(15)21-9-7-14(8-10-21)13(2)3/h5-6,11,13-14,17H,4,7-10,12,20H2,1-3H3. The third-order valence-electron chi connectivity index (χ3n) is 4.87. The molecule has 21 heavy (non-hydrogen) atoms. The lowest BCUT2D eigenvalue weighted by atomic mass is 9.86. The summed E-state index contributed by atoms with van der Waals surface area (Å²) in [6.07, 6.45) is 4.14. The number of hydrogen-bond acceptors (Lipinski definition) is 2. The third-order valence-corrected chi connectivity index (χ3v) is 4.87. The van der Waals surface area contributed by atoms with Gasteiger partial charge in [0.2, 0.25) is 0 Å². The lowest BCUT2D eigenvalue weighted by molar-refractivity contribution is 0.311. The zero-order valence-corrected chi connectivity index (χ0v) is 13.6. The first-order chi connectivity index (χ1) is 10.0. The Morgan fingerprint density at radius 2 is 1.95 bits per heavy atom. The number of benzene rings is 1. The van der Waals surface area contributed by atoms with E-state index in [1.807, 2.05) is 6.07 Å². The summed E-state index contributed by atoms with van der Waals surface area (Å²) in [6.45, 7) is 8.84. The van der Waals surface area contributed by atoms with Crippen LogP contribution in [0.3, 0.4) is 0 Å². The van der Waals surface area contributed by atoms with Crippen LogP contribution < -0.4 is 10.6 Å². The molecule has 0 saturated carbocycles. The van der Waals surface area contributed by atoms with Crippen LogP contribution in [0.15, 0.2) is 18.2 Å². The van der Waals surface area contributed by atoms with Crippen LogP contribution in [0.4, 0.5) is 10.1 Å². The van der Waals surface area contributed by atoms with E-state index in [4.69, 9.17) is 5.73 Å². The van der Waals surface area contributed by atoms with Gasteiger partial charge in [0.15, 0.2) is 0 Å². The largest absolute Gasteiger partial charge is 0.371 e. The predicted octanol–water partition coefficient (Wildman–Crippen LogP) is 3.98. The Morgan fingerprint density at radius 3 is 2.52 bits per heavy atom. The summed E-state index contributed by atoms with van der Waals surface area (Å²) < 4.78 is 13.6. The Morgan fingerprint density at radius 1 is 1.29 bits per heavy atom. The van der Waals surface area contributed by atoms with Gasteiger partial charge in [-0.1, -0.05) is 20.8 Å². The van der Waals surface area contributed by atoms with E-state index in [0.717, 1.165) is 43.3 Å². The minimum absolute atomic E-state index is 0.110. The van der Waals surface area contributed by atoms with Crippen LogP contribution >= 0.6 is 0 Å². The summed E-state index contributed by atoms with van der Waals surface area (Å²) >= 11 is 0. The molecule has 2 nitrogen and oxygen atoms in total. The maximum Gasteiger partial charge on any atom is 0.123 e. The molecule has 1 fully saturated rings. The predicted molar refractivity (Wildman–Crippen MR) is 88.1 cm³/mol. The van der Waals surface area contributed by atoms with Crippen LogP contribution in [-0.4, -0.2) is 19.1 Å². The highest BCUT2D eigenvalue weighted by molar-refractivity contribution is 5.54. The topological polar surface area (TPSA) is 29.3 Å². The Kier molecular flexibility index (Phi) is 5.63. The van der Waals surface area contributed by atoms with Crippen molar-refractivity contribution in [2.24, 2.45) is 17.6 Å². The smallest absolute Gasteiger partial charge is 0.123 e. The second kappa shape index (κ2) is 7.26. The summed E-state index contributed by atoms with van der Waals surface area (Å²) in [7, 11) is 0. The molecule has 1 saturated heterocycles. The lowest BCUT2D eigenvalue weighted by Crippen LogP contribution is -2.36. The molecule has 3 heteroatoms. The van der Waals surface area contributed by atoms with Gasteiger partial charge in [0.25, 0.3) is 0 Å². The minimum atomic E-state index is -0.158. The fourth-order valence-corrected chi connectivity index (χ4v) is 3.26. The first kappa shape index (κ1) is 16.3. The van der Waals surface area contributed by atoms with Gasteiger partial charge in [0.1, 0.15) is 5.82 Å². The first-order valence-electron chi connectivity index (χ1n) is 8.30. The van der Waals surface area contributed by atoms with Gasteiger partial charge in [0.05, 0.1) is 0 Å². The van der Waals surface area contributed by atoms with Crippen molar-refractivity contribution in [2.75, 3.05) is 18.0 Å². The monoisotopic (exact) mass is 292 g/mol. The van der Waals surface area contributed by atoms with Gasteiger partial charge >= 0.3 is 0 Å². The van der Waals surface area contributed by atoms with E-state index < -0.39 is 0 Å². The van der Waals surface area contributed by atoms with Gasteiger partial charge in [0, 0.05) is 24.8 Å². The number of halogens is 1. The highest BCUT2D eigenvalue weighted by atomic mass is 19.1. The van der Waals surface area contributed by atoms with Gasteiger partial charge < -0.3 is 10.6 Å². The van der Waals surface area contributed by atoms with Crippen molar-refractivity contribution in [3.05, 3.63) is 29.6 Å². The Hall–Kier alpha value is -1.09. The van der Waals surface area contributed by atoms with Crippen molar-refractivity contribution in [2.45, 2.75) is 52.5 Å². The third kappa shape index (κ3) is 4.19. The molecule has 0 aromatic heterocycles. The second-order valence-electron chi connectivity index (χ2n) is 6.71. The number of nitrogens with two attached hydrogens (primary N) is 1. The van der Waals surface area contributed by atoms with Crippen molar-refractivity contribution in [1.29, 1.82) is 0 Å². The Bertz CT molecular complexity index is 451. The number of nitrogens with zero attached hydrogens (tertiary/aromatic N) is 1. The van der Waals surface area contributed by atoms with Crippen LogP contribution in [0.1, 0.15) is 45.6 Å². The van der Waals surface area contributed by atoms with Crippen molar-refractivity contribution < 1.29 is 4.39 Å². The molecule has 118 valence electrons. The van der Waals surface area contributed by atoms with Crippen LogP contribution in [0, 0.1) is 17.7 Å². The van der Waals surface area contributed by atoms with E-state index in [-0.39, 0.29) is 11.9 Å². The number of rotatable bonds is 5. The highest BCUT2D eigenvalue weighted by Gasteiger charge is 2.23. The summed E-state index contributed by atoms with van der Waals surface area (Å²) in [5.74, 6) is 1.42. The fourth-order valence-electron chi connectivity index (χ4n) is 3.26. The first-order valence-corrected chi connectivity index (χ1v) is 8.30. The van der Waals surface area contributed by atoms with E-state index in [1.165, 1.54) is 18.5 Å². The maximum absolute atomic E-state index is 13.6. The molecule has 0 bridgehead atoms. The summed E-state index contributed by atoms with van der Waals surface area (Å²) in [5, 5.41) is 0. The molecule has 0 radical (unpaired) electrons. The molecule has 1 aliphatic heterocycles. The molecule has 2 N–H and O–H groups in total. The summed E-state index contributed by atoms with van der Waals surface area (Å²) in [5.41, 5.74) is 8.32. The number of piperidine rings is 1. The molecular weight excluding hydrogens is 263 g/mol. The fraction of sp³-hybridized carbons (Fsp3) is 0.667. The summed E-state index contributed by atoms with van der Waals surface area (Å²) in [6, 6.07) is 5.28. The van der Waals surface area contributed by atoms with E-state index in [9.17, 15) is 4.39 Å². The normalized spacial score (nSPS) is 18.3. The van der Waals surface area contributed by atoms with Gasteiger partial charge in [-0.3, -0.25) is 0 Å². The molecule has 1 atom stereocenters. The zero-order valence-electron chi connectivity index (χ0n) is 13.6. The average Bonchev–Trinajstić information content (AvgIpc) is 2.47. The lowest BCUT2D eigenvalue weighted by Gasteiger charge is -2.36. The molecule has 1 aromatic rings. The van der Waals surface area contributed by atoms with Crippen molar-refractivity contribution >= 4 is 5.69 Å². The van der Waals surface area contributed by atoms with Gasteiger partial charge in [-0.15, -0.1) is 0 Å². The van der Waals surface area contributed by atoms with Crippen LogP contribution in [0.5, 0.6) is 0 Å². The van der Waals surface area contributed by atoms with Gasteiger partial charge in [-0.05, 0) is 61.3 Å². The van der Waals surface area contributed by atoms with Crippen LogP contribution in [-0.2, 0) is 6.42 Å². The molecule has 0 spiro atoms. The molecular formula is C18H29FN2. The van der Waals surface area contributed by atoms with Crippen molar-refractivity contribution in [1.82, 2.24) is 0 Å². The van der Waals surface area contributed by atoms with Crippen molar-refractivity contribution in [3.8, 4) is 0 Å². The molecule has 2 rings (SSSR count). The molecule has 0 aliphatic carbocycles. The van der Waals surface area contributed by atoms with Crippen LogP contribution in [0.25, 0.3) is 0 Å². The zero-order chi connectivity index (χ0) is 15.4. The van der Waals surface area contributed by atoms with Gasteiger partial charge in [-0.25, -0.2) is 4.39 Å². The van der Waals surface area contributed by atoms with Crippen molar-refractivity contribution in [3.63, 3.8) is 0 Å². The SMILES string of the molecule is CCC(N)Cc1cc(F)ccc1N1CCC(C(C)C)CC1. The number of anilines is 1. The van der Waals surface area contributed by atoms with E-state index in [1.54, 1.807) is 12.1 Å². The molecule has 1 unspecified atom stereocenters. The maximum atomic E-state index is 13.6. The minimum Gasteiger partial charge on any atom is -0.371 e. The Balaban J connectivity index is 2.12. The van der Waals surface area contributed by atoms with Crippen LogP contribution in [0.2, 0.25) is 0 Å². The average molecular weight is 292 g/mol. The van der Waals surface area contributed by atoms with E-state index >= 15 is 0 Å². The number of hydrogen-bond donors (Lipinski definition) is 1. The Labute approximate surface area is 128 Å². The molecule has 0 amide bonds. The second-order valence-corrected chi connectivity index (χ2v) is 6.71.